The number of benzene rings is 1. The van der Waals surface area contributed by atoms with Gasteiger partial charge in [-0.3, -0.25) is 0 Å². The molecule has 0 spiro atoms. The fraction of sp³-hybridized carbons (Fsp3) is 0.611. The Morgan fingerprint density at radius 1 is 1.29 bits per heavy atom. The van der Waals surface area contributed by atoms with Crippen LogP contribution < -0.4 is 0 Å². The van der Waals surface area contributed by atoms with Crippen LogP contribution in [0.3, 0.4) is 0 Å². The SMILES string of the molecule is Cc1cccc2c1nc(CCCl)n2CC1CCCCC1C. The van der Waals surface area contributed by atoms with Crippen molar-refractivity contribution in [2.45, 2.75) is 52.5 Å². The van der Waals surface area contributed by atoms with Crippen LogP contribution in [0.5, 0.6) is 0 Å². The molecule has 1 aromatic heterocycles. The van der Waals surface area contributed by atoms with Gasteiger partial charge in [0.1, 0.15) is 5.82 Å². The third-order valence-corrected chi connectivity index (χ3v) is 5.27. The molecule has 1 saturated carbocycles. The molecule has 1 heterocycles. The quantitative estimate of drug-likeness (QED) is 0.731. The normalized spacial score (nSPS) is 22.8. The summed E-state index contributed by atoms with van der Waals surface area (Å²) in [6, 6.07) is 6.50. The van der Waals surface area contributed by atoms with E-state index in [0.717, 1.165) is 36.1 Å². The Labute approximate surface area is 132 Å². The van der Waals surface area contributed by atoms with Gasteiger partial charge in [0.15, 0.2) is 0 Å². The Bertz CT molecular complexity index is 617. The predicted octanol–water partition coefficient (Wildman–Crippen LogP) is 4.95. The number of alkyl halides is 1. The van der Waals surface area contributed by atoms with Gasteiger partial charge in [-0.2, -0.15) is 0 Å². The predicted molar refractivity (Wildman–Crippen MR) is 90.0 cm³/mol. The maximum absolute atomic E-state index is 5.99. The molecule has 0 aliphatic heterocycles. The lowest BCUT2D eigenvalue weighted by molar-refractivity contribution is 0.229. The van der Waals surface area contributed by atoms with E-state index in [1.165, 1.54) is 36.8 Å². The summed E-state index contributed by atoms with van der Waals surface area (Å²) in [5.74, 6) is 3.41. The number of hydrogen-bond donors (Lipinski definition) is 0. The van der Waals surface area contributed by atoms with E-state index >= 15 is 0 Å². The number of halogens is 1. The second-order valence-corrected chi connectivity index (χ2v) is 6.92. The van der Waals surface area contributed by atoms with Crippen LogP contribution in [0.2, 0.25) is 0 Å². The van der Waals surface area contributed by atoms with Crippen molar-refractivity contribution in [1.82, 2.24) is 9.55 Å². The van der Waals surface area contributed by atoms with Gasteiger partial charge < -0.3 is 4.57 Å². The molecule has 0 saturated heterocycles. The van der Waals surface area contributed by atoms with Gasteiger partial charge >= 0.3 is 0 Å². The average molecular weight is 305 g/mol. The van der Waals surface area contributed by atoms with E-state index in [2.05, 4.69) is 36.6 Å². The minimum atomic E-state index is 0.641. The van der Waals surface area contributed by atoms with E-state index in [9.17, 15) is 0 Å². The summed E-state index contributed by atoms with van der Waals surface area (Å²) in [6.07, 6.45) is 6.37. The first-order valence-electron chi connectivity index (χ1n) is 8.21. The Morgan fingerprint density at radius 2 is 2.10 bits per heavy atom. The monoisotopic (exact) mass is 304 g/mol. The van der Waals surface area contributed by atoms with Gasteiger partial charge in [-0.05, 0) is 36.8 Å². The molecule has 1 aliphatic carbocycles. The minimum absolute atomic E-state index is 0.641. The molecular formula is C18H25ClN2. The molecule has 2 atom stereocenters. The first-order valence-corrected chi connectivity index (χ1v) is 8.75. The van der Waals surface area contributed by atoms with Crippen LogP contribution in [0.25, 0.3) is 11.0 Å². The van der Waals surface area contributed by atoms with Crippen molar-refractivity contribution in [2.75, 3.05) is 5.88 Å². The Morgan fingerprint density at radius 3 is 2.86 bits per heavy atom. The van der Waals surface area contributed by atoms with Crippen LogP contribution in [-0.2, 0) is 13.0 Å². The summed E-state index contributed by atoms with van der Waals surface area (Å²) >= 11 is 5.99. The second-order valence-electron chi connectivity index (χ2n) is 6.54. The van der Waals surface area contributed by atoms with Gasteiger partial charge in [0.25, 0.3) is 0 Å². The summed E-state index contributed by atoms with van der Waals surface area (Å²) in [5.41, 5.74) is 3.70. The number of aryl methyl sites for hydroxylation is 2. The van der Waals surface area contributed by atoms with Gasteiger partial charge in [0, 0.05) is 18.8 Å². The van der Waals surface area contributed by atoms with Gasteiger partial charge in [0.05, 0.1) is 11.0 Å². The van der Waals surface area contributed by atoms with Crippen molar-refractivity contribution in [2.24, 2.45) is 11.8 Å². The van der Waals surface area contributed by atoms with E-state index in [1.807, 2.05) is 0 Å². The van der Waals surface area contributed by atoms with E-state index in [4.69, 9.17) is 16.6 Å². The van der Waals surface area contributed by atoms with Crippen molar-refractivity contribution < 1.29 is 0 Å². The summed E-state index contributed by atoms with van der Waals surface area (Å²) in [6.45, 7) is 5.66. The first-order chi connectivity index (χ1) is 10.2. The molecule has 2 unspecified atom stereocenters. The molecule has 3 heteroatoms. The number of hydrogen-bond acceptors (Lipinski definition) is 1. The van der Waals surface area contributed by atoms with Crippen LogP contribution in [-0.4, -0.2) is 15.4 Å². The second kappa shape index (κ2) is 6.39. The molecule has 1 fully saturated rings. The van der Waals surface area contributed by atoms with E-state index in [1.54, 1.807) is 0 Å². The molecular weight excluding hydrogens is 280 g/mol. The zero-order valence-corrected chi connectivity index (χ0v) is 13.9. The molecule has 0 N–H and O–H groups in total. The molecule has 1 aromatic carbocycles. The van der Waals surface area contributed by atoms with E-state index < -0.39 is 0 Å². The highest BCUT2D eigenvalue weighted by molar-refractivity contribution is 6.17. The molecule has 0 radical (unpaired) electrons. The molecule has 1 aliphatic rings. The fourth-order valence-corrected chi connectivity index (χ4v) is 3.88. The number of aromatic nitrogens is 2. The average Bonchev–Trinajstić information content (AvgIpc) is 2.82. The number of rotatable bonds is 4. The third-order valence-electron chi connectivity index (χ3n) is 5.08. The van der Waals surface area contributed by atoms with E-state index in [0.29, 0.717) is 5.88 Å². The number of fused-ring (bicyclic) bond motifs is 1. The Balaban J connectivity index is 1.98. The summed E-state index contributed by atoms with van der Waals surface area (Å²) in [7, 11) is 0. The highest BCUT2D eigenvalue weighted by atomic mass is 35.5. The van der Waals surface area contributed by atoms with Crippen LogP contribution in [0.15, 0.2) is 18.2 Å². The zero-order valence-electron chi connectivity index (χ0n) is 13.1. The maximum atomic E-state index is 5.99. The molecule has 2 nitrogen and oxygen atoms in total. The van der Waals surface area contributed by atoms with E-state index in [-0.39, 0.29) is 0 Å². The fourth-order valence-electron chi connectivity index (χ4n) is 3.71. The highest BCUT2D eigenvalue weighted by Crippen LogP contribution is 2.32. The summed E-state index contributed by atoms with van der Waals surface area (Å²) < 4.78 is 2.44. The van der Waals surface area contributed by atoms with Crippen LogP contribution in [0, 0.1) is 18.8 Å². The Hall–Kier alpha value is -1.02. The van der Waals surface area contributed by atoms with Gasteiger partial charge in [-0.25, -0.2) is 4.98 Å². The summed E-state index contributed by atoms with van der Waals surface area (Å²) in [5, 5.41) is 0. The van der Waals surface area contributed by atoms with Crippen molar-refractivity contribution in [3.63, 3.8) is 0 Å². The lowest BCUT2D eigenvalue weighted by atomic mass is 9.80. The topological polar surface area (TPSA) is 17.8 Å². The van der Waals surface area contributed by atoms with Gasteiger partial charge in [0.2, 0.25) is 0 Å². The number of nitrogens with zero attached hydrogens (tertiary/aromatic N) is 2. The van der Waals surface area contributed by atoms with Crippen molar-refractivity contribution >= 4 is 22.6 Å². The molecule has 21 heavy (non-hydrogen) atoms. The van der Waals surface area contributed by atoms with Crippen LogP contribution in [0.4, 0.5) is 0 Å². The van der Waals surface area contributed by atoms with Crippen molar-refractivity contribution in [3.05, 3.63) is 29.6 Å². The van der Waals surface area contributed by atoms with Crippen molar-refractivity contribution in [1.29, 1.82) is 0 Å². The molecule has 0 amide bonds. The smallest absolute Gasteiger partial charge is 0.111 e. The third kappa shape index (κ3) is 2.96. The number of para-hydroxylation sites is 1. The largest absolute Gasteiger partial charge is 0.328 e. The van der Waals surface area contributed by atoms with Crippen LogP contribution in [0.1, 0.15) is 44.0 Å². The Kier molecular flexibility index (Phi) is 4.54. The molecule has 2 aromatic rings. The lowest BCUT2D eigenvalue weighted by Crippen LogP contribution is -2.23. The van der Waals surface area contributed by atoms with Gasteiger partial charge in [-0.1, -0.05) is 38.3 Å². The molecule has 3 rings (SSSR count). The van der Waals surface area contributed by atoms with Crippen LogP contribution >= 0.6 is 11.6 Å². The van der Waals surface area contributed by atoms with Gasteiger partial charge in [-0.15, -0.1) is 11.6 Å². The number of imidazole rings is 1. The molecule has 114 valence electrons. The zero-order chi connectivity index (χ0) is 14.8. The summed E-state index contributed by atoms with van der Waals surface area (Å²) in [4.78, 5) is 4.87. The maximum Gasteiger partial charge on any atom is 0.111 e. The molecule has 0 bridgehead atoms. The standard InChI is InChI=1S/C18H25ClN2/c1-13-6-3-4-8-15(13)12-21-16-9-5-7-14(2)18(16)20-17(21)10-11-19/h5,7,9,13,15H,3-4,6,8,10-12H2,1-2H3. The van der Waals surface area contributed by atoms with Crippen molar-refractivity contribution in [3.8, 4) is 0 Å². The lowest BCUT2D eigenvalue weighted by Gasteiger charge is -2.29. The minimum Gasteiger partial charge on any atom is -0.328 e. The highest BCUT2D eigenvalue weighted by Gasteiger charge is 2.23. The first kappa shape index (κ1) is 14.9.